The number of amides is 1. The number of carbonyl (C=O) groups is 1. The van der Waals surface area contributed by atoms with Crippen molar-refractivity contribution in [3.63, 3.8) is 0 Å². The average Bonchev–Trinajstić information content (AvgIpc) is 3.39. The monoisotopic (exact) mass is 514 g/mol. The second kappa shape index (κ2) is 11.8. The molecule has 4 aromatic rings. The van der Waals surface area contributed by atoms with E-state index in [0.717, 1.165) is 43.8 Å². The molecule has 1 aliphatic heterocycles. The maximum Gasteiger partial charge on any atom is 0.247 e. The van der Waals surface area contributed by atoms with E-state index in [-0.39, 0.29) is 5.91 Å². The molecule has 0 radical (unpaired) electrons. The van der Waals surface area contributed by atoms with Crippen molar-refractivity contribution in [3.8, 4) is 17.3 Å². The van der Waals surface area contributed by atoms with Crippen LogP contribution in [0, 0.1) is 0 Å². The Bertz CT molecular complexity index is 1430. The Morgan fingerprint density at radius 2 is 1.97 bits per heavy atom. The van der Waals surface area contributed by atoms with Crippen molar-refractivity contribution < 1.29 is 19.0 Å². The first-order valence-electron chi connectivity index (χ1n) is 12.4. The number of anilines is 3. The Kier molecular flexibility index (Phi) is 7.81. The molecule has 0 atom stereocenters. The molecule has 2 N–H and O–H groups in total. The molecule has 0 bridgehead atoms. The summed E-state index contributed by atoms with van der Waals surface area (Å²) in [6.45, 7) is 7.93. The highest BCUT2D eigenvalue weighted by Gasteiger charge is 2.16. The van der Waals surface area contributed by atoms with Crippen LogP contribution < -0.4 is 20.1 Å². The second-order valence-corrected chi connectivity index (χ2v) is 8.65. The summed E-state index contributed by atoms with van der Waals surface area (Å²) in [5.74, 6) is 1.75. The van der Waals surface area contributed by atoms with Gasteiger partial charge in [0.05, 0.1) is 37.2 Å². The van der Waals surface area contributed by atoms with Gasteiger partial charge in [0.1, 0.15) is 23.9 Å². The summed E-state index contributed by atoms with van der Waals surface area (Å²) in [5.41, 5.74) is 2.09. The number of hydrogen-bond acceptors (Lipinski definition) is 8. The number of nitrogens with one attached hydrogen (secondary N) is 2. The average molecular weight is 515 g/mol. The molecule has 1 aliphatic rings. The van der Waals surface area contributed by atoms with Gasteiger partial charge in [0.2, 0.25) is 11.9 Å². The maximum absolute atomic E-state index is 12.2. The van der Waals surface area contributed by atoms with Gasteiger partial charge in [0.25, 0.3) is 0 Å². The lowest BCUT2D eigenvalue weighted by Gasteiger charge is -2.26. The molecule has 0 spiro atoms. The lowest BCUT2D eigenvalue weighted by molar-refractivity contribution is -0.111. The number of ether oxygens (including phenoxy) is 3. The Morgan fingerprint density at radius 3 is 2.79 bits per heavy atom. The number of methoxy groups -OCH3 is 1. The van der Waals surface area contributed by atoms with Crippen LogP contribution in [0.15, 0.2) is 73.6 Å². The van der Waals surface area contributed by atoms with Crippen LogP contribution >= 0.6 is 0 Å². The van der Waals surface area contributed by atoms with Gasteiger partial charge < -0.3 is 29.4 Å². The fourth-order valence-corrected chi connectivity index (χ4v) is 4.28. The molecule has 196 valence electrons. The van der Waals surface area contributed by atoms with Crippen molar-refractivity contribution in [1.29, 1.82) is 0 Å². The molecule has 1 amide bonds. The van der Waals surface area contributed by atoms with Gasteiger partial charge in [-0.1, -0.05) is 24.8 Å². The van der Waals surface area contributed by atoms with Crippen LogP contribution in [0.4, 0.5) is 17.3 Å². The largest absolute Gasteiger partial charge is 0.494 e. The van der Waals surface area contributed by atoms with Gasteiger partial charge in [0, 0.05) is 38.1 Å². The van der Waals surface area contributed by atoms with Crippen molar-refractivity contribution in [3.05, 3.63) is 73.6 Å². The standard InChI is InChI=1S/C28H30N6O4/c1-3-27(35)30-22-18-21(24(36-2)19-25(22)38-17-14-33-12-15-37-16-13-33)31-28-29-10-8-26(32-28)34-11-9-20-6-4-5-7-23(20)34/h3-11,18-19H,1,12-17H2,2H3,(H,30,35)(H,29,31,32). The van der Waals surface area contributed by atoms with Crippen molar-refractivity contribution in [2.45, 2.75) is 0 Å². The highest BCUT2D eigenvalue weighted by molar-refractivity contribution is 6.00. The fourth-order valence-electron chi connectivity index (χ4n) is 4.28. The number of carbonyl (C=O) groups excluding carboxylic acids is 1. The highest BCUT2D eigenvalue weighted by atomic mass is 16.5. The summed E-state index contributed by atoms with van der Waals surface area (Å²) in [7, 11) is 1.57. The minimum atomic E-state index is -0.350. The summed E-state index contributed by atoms with van der Waals surface area (Å²) < 4.78 is 19.1. The van der Waals surface area contributed by atoms with Crippen molar-refractivity contribution in [2.75, 3.05) is 57.2 Å². The molecule has 10 heteroatoms. The molecule has 1 fully saturated rings. The number of para-hydroxylation sites is 1. The Labute approximate surface area is 220 Å². The zero-order chi connectivity index (χ0) is 26.3. The van der Waals surface area contributed by atoms with Gasteiger partial charge in [-0.25, -0.2) is 4.98 Å². The Balaban J connectivity index is 1.40. The van der Waals surface area contributed by atoms with Gasteiger partial charge in [-0.2, -0.15) is 4.98 Å². The van der Waals surface area contributed by atoms with E-state index < -0.39 is 0 Å². The van der Waals surface area contributed by atoms with Crippen LogP contribution in [0.2, 0.25) is 0 Å². The maximum atomic E-state index is 12.2. The van der Waals surface area contributed by atoms with E-state index in [2.05, 4.69) is 33.2 Å². The van der Waals surface area contributed by atoms with Crippen LogP contribution in [-0.2, 0) is 9.53 Å². The molecule has 0 saturated carbocycles. The van der Waals surface area contributed by atoms with Gasteiger partial charge in [-0.3, -0.25) is 9.69 Å². The summed E-state index contributed by atoms with van der Waals surface area (Å²) in [4.78, 5) is 23.5. The number of fused-ring (bicyclic) bond motifs is 1. The molecule has 0 aliphatic carbocycles. The predicted octanol–water partition coefficient (Wildman–Crippen LogP) is 4.01. The number of nitrogens with zero attached hydrogens (tertiary/aromatic N) is 4. The third kappa shape index (κ3) is 5.77. The number of aromatic nitrogens is 3. The molecule has 0 unspecified atom stereocenters. The molecule has 1 saturated heterocycles. The SMILES string of the molecule is C=CC(=O)Nc1cc(Nc2nccc(-n3ccc4ccccc43)n2)c(OC)cc1OCCN1CCOCC1. The molecule has 2 aromatic heterocycles. The lowest BCUT2D eigenvalue weighted by atomic mass is 10.2. The van der Waals surface area contributed by atoms with E-state index in [1.165, 1.54) is 6.08 Å². The first-order chi connectivity index (χ1) is 18.6. The summed E-state index contributed by atoms with van der Waals surface area (Å²) in [5, 5.41) is 7.17. The summed E-state index contributed by atoms with van der Waals surface area (Å²) in [6.07, 6.45) is 4.88. The van der Waals surface area contributed by atoms with E-state index in [0.29, 0.717) is 41.2 Å². The molecule has 2 aromatic carbocycles. The summed E-state index contributed by atoms with van der Waals surface area (Å²) >= 11 is 0. The van der Waals surface area contributed by atoms with Crippen LogP contribution in [0.3, 0.4) is 0 Å². The number of morpholine rings is 1. The van der Waals surface area contributed by atoms with E-state index in [4.69, 9.17) is 19.2 Å². The van der Waals surface area contributed by atoms with E-state index in [1.54, 1.807) is 25.4 Å². The van der Waals surface area contributed by atoms with Crippen LogP contribution in [0.5, 0.6) is 11.5 Å². The molecule has 3 heterocycles. The predicted molar refractivity (Wildman–Crippen MR) is 147 cm³/mol. The Hall–Kier alpha value is -4.41. The molecule has 10 nitrogen and oxygen atoms in total. The third-order valence-corrected chi connectivity index (χ3v) is 6.25. The van der Waals surface area contributed by atoms with Gasteiger partial charge in [-0.15, -0.1) is 0 Å². The van der Waals surface area contributed by atoms with Crippen LogP contribution in [0.25, 0.3) is 16.7 Å². The highest BCUT2D eigenvalue weighted by Crippen LogP contribution is 2.38. The minimum absolute atomic E-state index is 0.350. The first-order valence-corrected chi connectivity index (χ1v) is 12.4. The topological polar surface area (TPSA) is 103 Å². The molecule has 38 heavy (non-hydrogen) atoms. The Morgan fingerprint density at radius 1 is 1.13 bits per heavy atom. The fraction of sp³-hybridized carbons (Fsp3) is 0.250. The molecular weight excluding hydrogens is 484 g/mol. The van der Waals surface area contributed by atoms with Crippen molar-refractivity contribution in [2.24, 2.45) is 0 Å². The van der Waals surface area contributed by atoms with E-state index >= 15 is 0 Å². The number of hydrogen-bond donors (Lipinski definition) is 2. The van der Waals surface area contributed by atoms with Gasteiger partial charge in [-0.05, 0) is 35.7 Å². The lowest BCUT2D eigenvalue weighted by Crippen LogP contribution is -2.38. The quantitative estimate of drug-likeness (QED) is 0.306. The van der Waals surface area contributed by atoms with Crippen LogP contribution in [-0.4, -0.2) is 71.9 Å². The number of benzene rings is 2. The zero-order valence-corrected chi connectivity index (χ0v) is 21.2. The van der Waals surface area contributed by atoms with E-state index in [1.807, 2.05) is 41.1 Å². The zero-order valence-electron chi connectivity index (χ0n) is 21.2. The third-order valence-electron chi connectivity index (χ3n) is 6.25. The van der Waals surface area contributed by atoms with Gasteiger partial charge >= 0.3 is 0 Å². The normalized spacial score (nSPS) is 13.7. The minimum Gasteiger partial charge on any atom is -0.494 e. The van der Waals surface area contributed by atoms with Gasteiger partial charge in [0.15, 0.2) is 0 Å². The van der Waals surface area contributed by atoms with Crippen molar-refractivity contribution in [1.82, 2.24) is 19.4 Å². The smallest absolute Gasteiger partial charge is 0.247 e. The molecular formula is C28H30N6O4. The second-order valence-electron chi connectivity index (χ2n) is 8.65. The van der Waals surface area contributed by atoms with Crippen molar-refractivity contribution >= 4 is 34.1 Å². The number of rotatable bonds is 10. The molecule has 5 rings (SSSR count). The van der Waals surface area contributed by atoms with E-state index in [9.17, 15) is 4.79 Å². The van der Waals surface area contributed by atoms with Crippen LogP contribution in [0.1, 0.15) is 0 Å². The summed E-state index contributed by atoms with van der Waals surface area (Å²) in [6, 6.07) is 15.5. The first kappa shape index (κ1) is 25.2.